The van der Waals surface area contributed by atoms with Crippen LogP contribution in [-0.4, -0.2) is 9.55 Å². The minimum atomic E-state index is -0.0163. The number of halogens is 1. The first-order valence-electron chi connectivity index (χ1n) is 6.23. The van der Waals surface area contributed by atoms with Gasteiger partial charge in [-0.15, -0.1) is 0 Å². The van der Waals surface area contributed by atoms with Gasteiger partial charge in [-0.05, 0) is 37.6 Å². The number of aryl methyl sites for hydroxylation is 2. The molecule has 4 heteroatoms. The van der Waals surface area contributed by atoms with Crippen LogP contribution >= 0.6 is 0 Å². The number of nitrogens with zero attached hydrogens (tertiary/aromatic N) is 2. The number of hydrogen-bond donors (Lipinski definition) is 0. The lowest BCUT2D eigenvalue weighted by atomic mass is 10.2. The number of hydrogen-bond acceptors (Lipinski definition) is 2. The fourth-order valence-corrected chi connectivity index (χ4v) is 2.34. The van der Waals surface area contributed by atoms with Gasteiger partial charge >= 0.3 is 1.43 Å². The van der Waals surface area contributed by atoms with E-state index in [1.165, 1.54) is 0 Å². The van der Waals surface area contributed by atoms with Crippen molar-refractivity contribution in [2.24, 2.45) is 0 Å². The van der Waals surface area contributed by atoms with Crippen molar-refractivity contribution in [2.45, 2.75) is 13.8 Å². The van der Waals surface area contributed by atoms with Gasteiger partial charge in [-0.25, -0.2) is 4.98 Å². The molecule has 3 rings (SSSR count). The highest BCUT2D eigenvalue weighted by atomic mass is 35.5. The van der Waals surface area contributed by atoms with E-state index in [1.807, 2.05) is 62.4 Å². The molecule has 0 spiro atoms. The van der Waals surface area contributed by atoms with Gasteiger partial charge in [0, 0.05) is 0 Å². The van der Waals surface area contributed by atoms with Crippen molar-refractivity contribution in [3.63, 3.8) is 0 Å². The molecule has 0 radical (unpaired) electrons. The van der Waals surface area contributed by atoms with Crippen LogP contribution in [0, 0.1) is 13.8 Å². The Balaban J connectivity index is 0.00000110. The number of para-hydroxylation sites is 2. The Morgan fingerprint density at radius 2 is 1.65 bits per heavy atom. The van der Waals surface area contributed by atoms with Crippen LogP contribution in [0.5, 0.6) is 0 Å². The van der Waals surface area contributed by atoms with Crippen LogP contribution in [0.4, 0.5) is 0 Å². The lowest BCUT2D eigenvalue weighted by Gasteiger charge is -2.12. The molecule has 3 nitrogen and oxygen atoms in total. The molecule has 0 saturated carbocycles. The Labute approximate surface area is 124 Å². The molecule has 0 saturated heterocycles. The van der Waals surface area contributed by atoms with Crippen LogP contribution in [0.3, 0.4) is 0 Å². The van der Waals surface area contributed by atoms with E-state index in [1.54, 1.807) is 4.57 Å². The fourth-order valence-electron chi connectivity index (χ4n) is 2.34. The van der Waals surface area contributed by atoms with Crippen molar-refractivity contribution < 1.29 is 13.8 Å². The average molecular weight is 287 g/mol. The van der Waals surface area contributed by atoms with Crippen molar-refractivity contribution in [1.29, 1.82) is 0 Å². The van der Waals surface area contributed by atoms with E-state index >= 15 is 0 Å². The summed E-state index contributed by atoms with van der Waals surface area (Å²) in [5, 5.41) is 0.649. The molecule has 1 aromatic heterocycles. The lowest BCUT2D eigenvalue weighted by Crippen LogP contribution is -3.00. The molecule has 3 aromatic rings. The van der Waals surface area contributed by atoms with Crippen molar-refractivity contribution in [2.75, 3.05) is 0 Å². The predicted molar refractivity (Wildman–Crippen MR) is 77.9 cm³/mol. The standard InChI is InChI=1S/C16H14N2O.ClH/c1-11-7-3-6-10-15(11)18-12(2)17-14-9-5-4-8-13(14)16(18)19;/h3-10H,1-2H3;1H. The molecule has 0 unspecified atom stereocenters. The van der Waals surface area contributed by atoms with Crippen LogP contribution in [0.1, 0.15) is 12.8 Å². The lowest BCUT2D eigenvalue weighted by molar-refractivity contribution is -0.00000407. The van der Waals surface area contributed by atoms with Gasteiger partial charge in [-0.3, -0.25) is 9.36 Å². The average Bonchev–Trinajstić information content (AvgIpc) is 2.41. The molecule has 20 heavy (non-hydrogen) atoms. The molecule has 0 amide bonds. The monoisotopic (exact) mass is 286 g/mol. The maximum absolute atomic E-state index is 12.6. The largest absolute Gasteiger partial charge is 1.00 e. The van der Waals surface area contributed by atoms with Crippen LogP contribution in [-0.2, 0) is 0 Å². The molecule has 2 aromatic carbocycles. The Morgan fingerprint density at radius 1 is 1.00 bits per heavy atom. The van der Waals surface area contributed by atoms with Crippen LogP contribution in [0.2, 0.25) is 0 Å². The third kappa shape index (κ3) is 2.21. The zero-order valence-electron chi connectivity index (χ0n) is 12.3. The van der Waals surface area contributed by atoms with E-state index in [9.17, 15) is 4.79 Å². The molecule has 0 fully saturated rings. The van der Waals surface area contributed by atoms with Gasteiger partial charge in [0.1, 0.15) is 5.82 Å². The molecule has 0 N–H and O–H groups in total. The minimum absolute atomic E-state index is 0. The zero-order valence-corrected chi connectivity index (χ0v) is 12.1. The van der Waals surface area contributed by atoms with Crippen molar-refractivity contribution in [3.8, 4) is 5.69 Å². The van der Waals surface area contributed by atoms with E-state index in [2.05, 4.69) is 4.98 Å². The summed E-state index contributed by atoms with van der Waals surface area (Å²) in [6.45, 7) is 3.86. The first-order chi connectivity index (χ1) is 9.18. The summed E-state index contributed by atoms with van der Waals surface area (Å²) in [5.41, 5.74) is 2.68. The molecule has 0 aliphatic carbocycles. The van der Waals surface area contributed by atoms with Crippen molar-refractivity contribution in [3.05, 3.63) is 70.3 Å². The van der Waals surface area contributed by atoms with E-state index in [0.717, 1.165) is 16.8 Å². The van der Waals surface area contributed by atoms with Crippen LogP contribution in [0.15, 0.2) is 53.3 Å². The number of aromatic nitrogens is 2. The highest BCUT2D eigenvalue weighted by Gasteiger charge is 2.10. The number of fused-ring (bicyclic) bond motifs is 1. The molecule has 0 aliphatic heterocycles. The Kier molecular flexibility index (Phi) is 3.91. The third-order valence-electron chi connectivity index (χ3n) is 3.30. The second kappa shape index (κ2) is 5.47. The van der Waals surface area contributed by atoms with Crippen LogP contribution in [0.25, 0.3) is 16.6 Å². The zero-order chi connectivity index (χ0) is 13.4. The second-order valence-corrected chi connectivity index (χ2v) is 4.60. The normalized spacial score (nSPS) is 10.3. The smallest absolute Gasteiger partial charge is 1.00 e. The summed E-state index contributed by atoms with van der Waals surface area (Å²) in [5.74, 6) is 0.706. The molecular weight excluding hydrogens is 272 g/mol. The van der Waals surface area contributed by atoms with E-state index < -0.39 is 0 Å². The maximum atomic E-state index is 12.6. The molecular formula is C16H15ClN2O. The number of rotatable bonds is 1. The predicted octanol–water partition coefficient (Wildman–Crippen LogP) is 0.119. The van der Waals surface area contributed by atoms with E-state index in [0.29, 0.717) is 11.2 Å². The quantitative estimate of drug-likeness (QED) is 0.637. The summed E-state index contributed by atoms with van der Waals surface area (Å²) in [6.07, 6.45) is 0. The number of benzene rings is 2. The van der Waals surface area contributed by atoms with Gasteiger partial charge < -0.3 is 12.4 Å². The van der Waals surface area contributed by atoms with Crippen LogP contribution < -0.4 is 18.0 Å². The van der Waals surface area contributed by atoms with Crippen molar-refractivity contribution in [1.82, 2.24) is 9.55 Å². The van der Waals surface area contributed by atoms with E-state index in [-0.39, 0.29) is 19.4 Å². The van der Waals surface area contributed by atoms with Gasteiger partial charge in [-0.2, -0.15) is 0 Å². The molecule has 102 valence electrons. The van der Waals surface area contributed by atoms with Gasteiger partial charge in [0.2, 0.25) is 0 Å². The Bertz CT molecular complexity index is 830. The molecule has 0 atom stereocenters. The van der Waals surface area contributed by atoms with Crippen molar-refractivity contribution >= 4 is 10.9 Å². The van der Waals surface area contributed by atoms with E-state index in [4.69, 9.17) is 0 Å². The van der Waals surface area contributed by atoms with Gasteiger partial charge in [0.15, 0.2) is 0 Å². The molecule has 0 aliphatic rings. The summed E-state index contributed by atoms with van der Waals surface area (Å²) in [6, 6.07) is 15.3. The summed E-state index contributed by atoms with van der Waals surface area (Å²) < 4.78 is 1.68. The summed E-state index contributed by atoms with van der Waals surface area (Å²) in [4.78, 5) is 17.1. The first kappa shape index (κ1) is 14.3. The maximum Gasteiger partial charge on any atom is 1.00 e. The highest BCUT2D eigenvalue weighted by Crippen LogP contribution is 2.15. The topological polar surface area (TPSA) is 34.9 Å². The molecule has 0 bridgehead atoms. The second-order valence-electron chi connectivity index (χ2n) is 4.60. The summed E-state index contributed by atoms with van der Waals surface area (Å²) in [7, 11) is 0. The van der Waals surface area contributed by atoms with Gasteiger partial charge in [0.05, 0.1) is 16.6 Å². The molecule has 1 heterocycles. The first-order valence-corrected chi connectivity index (χ1v) is 6.23. The minimum Gasteiger partial charge on any atom is -1.00 e. The van der Waals surface area contributed by atoms with Gasteiger partial charge in [0.25, 0.3) is 5.56 Å². The fraction of sp³-hybridized carbons (Fsp3) is 0.125. The highest BCUT2D eigenvalue weighted by molar-refractivity contribution is 5.77. The SMILES string of the molecule is Cc1ccccc1-n1c(C)nc2ccccc2c1=O.[Cl-].[H+]. The Hall–Kier alpha value is -2.13. The summed E-state index contributed by atoms with van der Waals surface area (Å²) >= 11 is 0. The third-order valence-corrected chi connectivity index (χ3v) is 3.30. The Morgan fingerprint density at radius 3 is 2.40 bits per heavy atom. The van der Waals surface area contributed by atoms with Gasteiger partial charge in [-0.1, -0.05) is 30.3 Å².